The smallest absolute Gasteiger partial charge is 0.307 e. The van der Waals surface area contributed by atoms with Gasteiger partial charge in [0.15, 0.2) is 6.21 Å². The quantitative estimate of drug-likeness (QED) is 0.365. The summed E-state index contributed by atoms with van der Waals surface area (Å²) in [7, 11) is 0. The van der Waals surface area contributed by atoms with Gasteiger partial charge in [0, 0.05) is 22.6 Å². The second kappa shape index (κ2) is 9.44. The molecule has 43 heavy (non-hydrogen) atoms. The lowest BCUT2D eigenvalue weighted by atomic mass is 9.63. The predicted molar refractivity (Wildman–Crippen MR) is 177 cm³/mol. The fourth-order valence-corrected chi connectivity index (χ4v) is 8.66. The van der Waals surface area contributed by atoms with Crippen molar-refractivity contribution >= 4 is 11.9 Å². The van der Waals surface area contributed by atoms with E-state index in [-0.39, 0.29) is 17.1 Å². The van der Waals surface area contributed by atoms with E-state index in [4.69, 9.17) is 0 Å². The van der Waals surface area contributed by atoms with Crippen LogP contribution in [0.25, 0.3) is 16.8 Å². The Morgan fingerprint density at radius 2 is 1.63 bits per heavy atom. The van der Waals surface area contributed by atoms with E-state index in [1.54, 1.807) is 5.57 Å². The highest BCUT2D eigenvalue weighted by Gasteiger charge is 2.51. The summed E-state index contributed by atoms with van der Waals surface area (Å²) < 4.78 is 0. The van der Waals surface area contributed by atoms with Crippen molar-refractivity contribution in [1.82, 2.24) is 10.2 Å². The molecule has 5 aliphatic rings. The number of rotatable bonds is 3. The third kappa shape index (κ3) is 3.83. The van der Waals surface area contributed by atoms with Gasteiger partial charge in [0.05, 0.1) is 11.7 Å². The van der Waals surface area contributed by atoms with Crippen molar-refractivity contribution in [2.24, 2.45) is 11.8 Å². The summed E-state index contributed by atoms with van der Waals surface area (Å²) in [4.78, 5) is 6.43. The van der Waals surface area contributed by atoms with Gasteiger partial charge in [-0.2, -0.15) is 0 Å². The number of benzene rings is 3. The Labute approximate surface area is 256 Å². The molecular formula is C40H42N3+. The molecule has 2 heterocycles. The first-order valence-corrected chi connectivity index (χ1v) is 16.0. The zero-order valence-corrected chi connectivity index (χ0v) is 26.0. The van der Waals surface area contributed by atoms with Crippen molar-refractivity contribution in [2.75, 3.05) is 0 Å². The SMILES string of the molecule is CC1C=CC=C2C3=C(CC(C)(c4ccccc4)C(C)C3)N(C3NC(c4ccc5c(c4)C(C)(C)c4ccccc4-5)=CC=[NH+]3)C21. The molecule has 0 amide bonds. The highest BCUT2D eigenvalue weighted by Crippen LogP contribution is 2.54. The Balaban J connectivity index is 1.16. The van der Waals surface area contributed by atoms with E-state index < -0.39 is 0 Å². The summed E-state index contributed by atoms with van der Waals surface area (Å²) in [6, 6.07) is 27.5. The molecule has 0 bridgehead atoms. The van der Waals surface area contributed by atoms with Crippen molar-refractivity contribution in [2.45, 2.75) is 70.6 Å². The van der Waals surface area contributed by atoms with Crippen LogP contribution >= 0.6 is 0 Å². The van der Waals surface area contributed by atoms with Crippen LogP contribution in [-0.4, -0.2) is 23.4 Å². The van der Waals surface area contributed by atoms with Crippen LogP contribution in [-0.2, 0) is 10.8 Å². The van der Waals surface area contributed by atoms with Gasteiger partial charge in [-0.25, -0.2) is 4.99 Å². The highest BCUT2D eigenvalue weighted by atomic mass is 15.4. The van der Waals surface area contributed by atoms with Crippen LogP contribution in [0.5, 0.6) is 0 Å². The van der Waals surface area contributed by atoms with Crippen molar-refractivity contribution in [1.29, 1.82) is 0 Å². The van der Waals surface area contributed by atoms with Crippen LogP contribution in [0.3, 0.4) is 0 Å². The maximum atomic E-state index is 3.98. The third-order valence-electron chi connectivity index (χ3n) is 11.4. The van der Waals surface area contributed by atoms with Crippen LogP contribution in [0.2, 0.25) is 0 Å². The van der Waals surface area contributed by atoms with Crippen LogP contribution in [0, 0.1) is 11.8 Å². The summed E-state index contributed by atoms with van der Waals surface area (Å²) in [6.45, 7) is 12.0. The Kier molecular flexibility index (Phi) is 5.82. The molecule has 2 aliphatic heterocycles. The molecule has 3 heteroatoms. The molecule has 0 aromatic heterocycles. The molecule has 5 atom stereocenters. The number of fused-ring (bicyclic) bond motifs is 5. The largest absolute Gasteiger partial charge is 0.309 e. The first-order valence-electron chi connectivity index (χ1n) is 16.0. The van der Waals surface area contributed by atoms with Gasteiger partial charge < -0.3 is 5.32 Å². The van der Waals surface area contributed by atoms with E-state index in [0.29, 0.717) is 17.9 Å². The lowest BCUT2D eigenvalue weighted by Crippen LogP contribution is -2.87. The fraction of sp³-hybridized carbons (Fsp3) is 0.325. The van der Waals surface area contributed by atoms with E-state index in [0.717, 1.165) is 12.8 Å². The summed E-state index contributed by atoms with van der Waals surface area (Å²) in [5.41, 5.74) is 14.1. The zero-order chi connectivity index (χ0) is 29.5. The Morgan fingerprint density at radius 1 is 0.860 bits per heavy atom. The molecular weight excluding hydrogens is 522 g/mol. The van der Waals surface area contributed by atoms with E-state index in [1.807, 2.05) is 0 Å². The molecule has 3 aromatic carbocycles. The zero-order valence-electron chi connectivity index (χ0n) is 26.0. The molecule has 0 radical (unpaired) electrons. The van der Waals surface area contributed by atoms with Gasteiger partial charge >= 0.3 is 6.29 Å². The molecule has 0 saturated carbocycles. The van der Waals surface area contributed by atoms with Gasteiger partial charge in [-0.05, 0) is 75.3 Å². The minimum absolute atomic E-state index is 0.0164. The van der Waals surface area contributed by atoms with Gasteiger partial charge in [0.2, 0.25) is 0 Å². The van der Waals surface area contributed by atoms with E-state index in [9.17, 15) is 0 Å². The van der Waals surface area contributed by atoms with Crippen LogP contribution in [0.4, 0.5) is 0 Å². The molecule has 3 aliphatic carbocycles. The molecule has 3 nitrogen and oxygen atoms in total. The molecule has 0 saturated heterocycles. The summed E-state index contributed by atoms with van der Waals surface area (Å²) in [5.74, 6) is 0.991. The highest BCUT2D eigenvalue weighted by molar-refractivity contribution is 5.86. The van der Waals surface area contributed by atoms with Gasteiger partial charge in [0.25, 0.3) is 0 Å². The van der Waals surface area contributed by atoms with E-state index >= 15 is 0 Å². The van der Waals surface area contributed by atoms with Crippen LogP contribution in [0.1, 0.15) is 69.7 Å². The first kappa shape index (κ1) is 26.5. The third-order valence-corrected chi connectivity index (χ3v) is 11.4. The van der Waals surface area contributed by atoms with Crippen LogP contribution in [0.15, 0.2) is 114 Å². The number of hydrogen-bond donors (Lipinski definition) is 2. The molecule has 8 rings (SSSR count). The summed E-state index contributed by atoms with van der Waals surface area (Å²) >= 11 is 0. The maximum Gasteiger partial charge on any atom is 0.307 e. The number of nitrogens with zero attached hydrogens (tertiary/aromatic N) is 1. The second-order valence-corrected chi connectivity index (χ2v) is 14.1. The van der Waals surface area contributed by atoms with Crippen molar-refractivity contribution in [3.63, 3.8) is 0 Å². The Morgan fingerprint density at radius 3 is 2.47 bits per heavy atom. The number of nitrogens with one attached hydrogen (secondary N) is 2. The maximum absolute atomic E-state index is 3.98. The Hall–Kier alpha value is -4.11. The lowest BCUT2D eigenvalue weighted by Gasteiger charge is -2.43. The number of allylic oxidation sites excluding steroid dienone is 4. The minimum atomic E-state index is -0.0262. The standard InChI is InChI=1S/C40H41N3/c1-25-12-11-16-31-32-22-26(2)40(5,28-13-7-6-8-14-28)24-36(32)43(37(25)31)38-41-21-20-35(42-38)27-18-19-30-29-15-9-10-17-33(29)39(3,4)34(30)23-27/h6-21,23,25-26,37-38,42H,22,24H2,1-5H3/p+1. The summed E-state index contributed by atoms with van der Waals surface area (Å²) in [6.07, 6.45) is 13.5. The van der Waals surface area contributed by atoms with Gasteiger partial charge in [0.1, 0.15) is 0 Å². The second-order valence-electron chi connectivity index (χ2n) is 14.1. The molecule has 2 N–H and O–H groups in total. The average molecular weight is 565 g/mol. The molecule has 3 aromatic rings. The van der Waals surface area contributed by atoms with Gasteiger partial charge in [-0.15, -0.1) is 0 Å². The van der Waals surface area contributed by atoms with Crippen molar-refractivity contribution in [3.8, 4) is 11.1 Å². The summed E-state index contributed by atoms with van der Waals surface area (Å²) in [5, 5.41) is 3.98. The van der Waals surface area contributed by atoms with Gasteiger partial charge in [-0.3, -0.25) is 4.90 Å². The van der Waals surface area contributed by atoms with Gasteiger partial charge in [-0.1, -0.05) is 120 Å². The normalized spacial score (nSPS) is 29.7. The number of hydrogen-bond acceptors (Lipinski definition) is 2. The average Bonchev–Trinajstić information content (AvgIpc) is 3.46. The lowest BCUT2D eigenvalue weighted by molar-refractivity contribution is -0.534. The van der Waals surface area contributed by atoms with E-state index in [1.165, 1.54) is 50.3 Å². The molecule has 216 valence electrons. The van der Waals surface area contributed by atoms with Crippen LogP contribution < -0.4 is 10.3 Å². The first-order chi connectivity index (χ1) is 20.8. The monoisotopic (exact) mass is 564 g/mol. The Bertz CT molecular complexity index is 1790. The minimum Gasteiger partial charge on any atom is -0.309 e. The van der Waals surface area contributed by atoms with Crippen molar-refractivity contribution < 1.29 is 4.99 Å². The predicted octanol–water partition coefficient (Wildman–Crippen LogP) is 6.83. The molecule has 0 spiro atoms. The molecule has 0 fully saturated rings. The van der Waals surface area contributed by atoms with E-state index in [2.05, 4.69) is 153 Å². The van der Waals surface area contributed by atoms with Crippen molar-refractivity contribution in [3.05, 3.63) is 136 Å². The topological polar surface area (TPSA) is 29.2 Å². The molecule has 5 unspecified atom stereocenters. The fourth-order valence-electron chi connectivity index (χ4n) is 8.66.